The molecular weight excluding hydrogens is 248 g/mol. The molecule has 1 aliphatic carbocycles. The summed E-state index contributed by atoms with van der Waals surface area (Å²) in [5.41, 5.74) is 1.10. The van der Waals surface area contributed by atoms with Crippen LogP contribution in [0.25, 0.3) is 0 Å². The van der Waals surface area contributed by atoms with Gasteiger partial charge in [-0.3, -0.25) is 10.1 Å². The molecule has 19 heavy (non-hydrogen) atoms. The number of aliphatic hydroxyl groups is 2. The van der Waals surface area contributed by atoms with Gasteiger partial charge in [-0.05, 0) is 43.4 Å². The van der Waals surface area contributed by atoms with Crippen LogP contribution in [0.3, 0.4) is 0 Å². The molecule has 0 bridgehead atoms. The van der Waals surface area contributed by atoms with Crippen LogP contribution in [0.1, 0.15) is 31.2 Å². The van der Waals surface area contributed by atoms with Crippen molar-refractivity contribution in [3.8, 4) is 0 Å². The van der Waals surface area contributed by atoms with Gasteiger partial charge in [-0.25, -0.2) is 0 Å². The molecule has 0 saturated heterocycles. The van der Waals surface area contributed by atoms with Gasteiger partial charge in [0.25, 0.3) is 5.69 Å². The van der Waals surface area contributed by atoms with Crippen LogP contribution in [0, 0.1) is 10.1 Å². The second-order valence-corrected chi connectivity index (χ2v) is 4.92. The minimum absolute atomic E-state index is 0.0170. The fraction of sp³-hybridized carbons (Fsp3) is 0.538. The molecule has 6 heteroatoms. The highest BCUT2D eigenvalue weighted by molar-refractivity contribution is 5.63. The SMILES string of the molecule is O=[N+]([O-])c1ccc(CO)cc1NC1CCC(O)CC1. The molecule has 1 aliphatic rings. The number of hydrogen-bond acceptors (Lipinski definition) is 5. The first-order chi connectivity index (χ1) is 9.10. The molecule has 0 aliphatic heterocycles. The molecular formula is C13H18N2O4. The molecule has 0 atom stereocenters. The van der Waals surface area contributed by atoms with E-state index in [0.717, 1.165) is 12.8 Å². The number of nitrogens with zero attached hydrogens (tertiary/aromatic N) is 1. The molecule has 6 nitrogen and oxygen atoms in total. The van der Waals surface area contributed by atoms with E-state index in [1.54, 1.807) is 12.1 Å². The smallest absolute Gasteiger partial charge is 0.292 e. The number of aliphatic hydroxyl groups excluding tert-OH is 2. The molecule has 0 amide bonds. The lowest BCUT2D eigenvalue weighted by atomic mass is 9.93. The van der Waals surface area contributed by atoms with Crippen LogP contribution >= 0.6 is 0 Å². The zero-order valence-electron chi connectivity index (χ0n) is 10.6. The summed E-state index contributed by atoms with van der Waals surface area (Å²) in [6.45, 7) is -0.143. The standard InChI is InChI=1S/C13H18N2O4/c16-8-9-1-6-13(15(18)19)12(7-9)14-10-2-4-11(17)5-3-10/h1,6-7,10-11,14,16-17H,2-5,8H2. The highest BCUT2D eigenvalue weighted by atomic mass is 16.6. The average Bonchev–Trinajstić information content (AvgIpc) is 2.41. The summed E-state index contributed by atoms with van der Waals surface area (Å²) in [6.07, 6.45) is 2.76. The van der Waals surface area contributed by atoms with Gasteiger partial charge in [-0.2, -0.15) is 0 Å². The fourth-order valence-corrected chi connectivity index (χ4v) is 2.40. The predicted octanol–water partition coefficient (Wildman–Crippen LogP) is 1.80. The molecule has 0 radical (unpaired) electrons. The average molecular weight is 266 g/mol. The summed E-state index contributed by atoms with van der Waals surface area (Å²) < 4.78 is 0. The van der Waals surface area contributed by atoms with E-state index in [4.69, 9.17) is 5.11 Å². The molecule has 0 heterocycles. The number of nitro benzene ring substituents is 1. The summed E-state index contributed by atoms with van der Waals surface area (Å²) >= 11 is 0. The maximum absolute atomic E-state index is 11.0. The first-order valence-electron chi connectivity index (χ1n) is 6.43. The van der Waals surface area contributed by atoms with Gasteiger partial charge in [0.15, 0.2) is 0 Å². The number of nitro groups is 1. The topological polar surface area (TPSA) is 95.6 Å². The molecule has 1 aromatic rings. The van der Waals surface area contributed by atoms with Crippen LogP contribution in [0.15, 0.2) is 18.2 Å². The zero-order valence-corrected chi connectivity index (χ0v) is 10.6. The van der Waals surface area contributed by atoms with Crippen molar-refractivity contribution in [1.82, 2.24) is 0 Å². The summed E-state index contributed by atoms with van der Waals surface area (Å²) in [7, 11) is 0. The highest BCUT2D eigenvalue weighted by Crippen LogP contribution is 2.29. The molecule has 1 fully saturated rings. The van der Waals surface area contributed by atoms with E-state index in [1.165, 1.54) is 6.07 Å². The summed E-state index contributed by atoms with van der Waals surface area (Å²) in [5, 5.41) is 32.7. The monoisotopic (exact) mass is 266 g/mol. The fourth-order valence-electron chi connectivity index (χ4n) is 2.40. The van der Waals surface area contributed by atoms with Gasteiger partial charge in [-0.15, -0.1) is 0 Å². The maximum atomic E-state index is 11.0. The number of hydrogen-bond donors (Lipinski definition) is 3. The third kappa shape index (κ3) is 3.42. The Balaban J connectivity index is 2.15. The van der Waals surface area contributed by atoms with Crippen LogP contribution in [0.5, 0.6) is 0 Å². The second-order valence-electron chi connectivity index (χ2n) is 4.92. The van der Waals surface area contributed by atoms with E-state index < -0.39 is 4.92 Å². The van der Waals surface area contributed by atoms with Gasteiger partial charge in [0.05, 0.1) is 17.6 Å². The Labute approximate surface area is 111 Å². The molecule has 1 saturated carbocycles. The van der Waals surface area contributed by atoms with Crippen molar-refractivity contribution < 1.29 is 15.1 Å². The lowest BCUT2D eigenvalue weighted by Crippen LogP contribution is -2.28. The van der Waals surface area contributed by atoms with Crippen LogP contribution < -0.4 is 5.32 Å². The van der Waals surface area contributed by atoms with Gasteiger partial charge >= 0.3 is 0 Å². The first-order valence-corrected chi connectivity index (χ1v) is 6.43. The normalized spacial score (nSPS) is 23.1. The summed E-state index contributed by atoms with van der Waals surface area (Å²) in [6, 6.07) is 4.71. The van der Waals surface area contributed by atoms with Gasteiger partial charge in [0.1, 0.15) is 5.69 Å². The second kappa shape index (κ2) is 5.99. The first kappa shape index (κ1) is 13.8. The highest BCUT2D eigenvalue weighted by Gasteiger charge is 2.22. The van der Waals surface area contributed by atoms with Crippen LogP contribution in [-0.4, -0.2) is 27.3 Å². The zero-order chi connectivity index (χ0) is 13.8. The Kier molecular flexibility index (Phi) is 4.34. The molecule has 104 valence electrons. The Hall–Kier alpha value is -1.66. The largest absolute Gasteiger partial charge is 0.393 e. The number of nitrogens with one attached hydrogen (secondary N) is 1. The van der Waals surface area contributed by atoms with Crippen molar-refractivity contribution in [1.29, 1.82) is 0 Å². The predicted molar refractivity (Wildman–Crippen MR) is 70.9 cm³/mol. The van der Waals surface area contributed by atoms with Gasteiger partial charge < -0.3 is 15.5 Å². The van der Waals surface area contributed by atoms with E-state index in [2.05, 4.69) is 5.32 Å². The minimum Gasteiger partial charge on any atom is -0.393 e. The third-order valence-electron chi connectivity index (χ3n) is 3.50. The number of anilines is 1. The molecule has 0 aromatic heterocycles. The lowest BCUT2D eigenvalue weighted by molar-refractivity contribution is -0.384. The van der Waals surface area contributed by atoms with Gasteiger partial charge in [0, 0.05) is 12.1 Å². The molecule has 0 unspecified atom stereocenters. The van der Waals surface area contributed by atoms with Crippen molar-refractivity contribution in [3.05, 3.63) is 33.9 Å². The number of rotatable bonds is 4. The molecule has 1 aromatic carbocycles. The Bertz CT molecular complexity index is 456. The van der Waals surface area contributed by atoms with E-state index in [9.17, 15) is 15.2 Å². The minimum atomic E-state index is -0.429. The van der Waals surface area contributed by atoms with E-state index >= 15 is 0 Å². The Morgan fingerprint density at radius 1 is 1.32 bits per heavy atom. The quantitative estimate of drug-likeness (QED) is 0.570. The molecule has 3 N–H and O–H groups in total. The van der Waals surface area contributed by atoms with E-state index in [1.807, 2.05) is 0 Å². The van der Waals surface area contributed by atoms with Crippen LogP contribution in [-0.2, 0) is 6.61 Å². The van der Waals surface area contributed by atoms with Crippen molar-refractivity contribution >= 4 is 11.4 Å². The van der Waals surface area contributed by atoms with Crippen molar-refractivity contribution in [2.75, 3.05) is 5.32 Å². The third-order valence-corrected chi connectivity index (χ3v) is 3.50. The Morgan fingerprint density at radius 3 is 2.58 bits per heavy atom. The summed E-state index contributed by atoms with van der Waals surface area (Å²) in [4.78, 5) is 10.5. The maximum Gasteiger partial charge on any atom is 0.292 e. The van der Waals surface area contributed by atoms with Crippen LogP contribution in [0.4, 0.5) is 11.4 Å². The number of benzene rings is 1. The van der Waals surface area contributed by atoms with Gasteiger partial charge in [-0.1, -0.05) is 0 Å². The van der Waals surface area contributed by atoms with Crippen molar-refractivity contribution in [3.63, 3.8) is 0 Å². The summed E-state index contributed by atoms with van der Waals surface area (Å²) in [5.74, 6) is 0. The molecule has 2 rings (SSSR count). The van der Waals surface area contributed by atoms with E-state index in [0.29, 0.717) is 24.1 Å². The van der Waals surface area contributed by atoms with E-state index in [-0.39, 0.29) is 24.4 Å². The molecule has 0 spiro atoms. The van der Waals surface area contributed by atoms with Crippen molar-refractivity contribution in [2.24, 2.45) is 0 Å². The van der Waals surface area contributed by atoms with Crippen LogP contribution in [0.2, 0.25) is 0 Å². The van der Waals surface area contributed by atoms with Gasteiger partial charge in [0.2, 0.25) is 0 Å². The lowest BCUT2D eigenvalue weighted by Gasteiger charge is -2.27. The van der Waals surface area contributed by atoms with Crippen molar-refractivity contribution in [2.45, 2.75) is 44.4 Å². The Morgan fingerprint density at radius 2 is 2.00 bits per heavy atom.